The lowest BCUT2D eigenvalue weighted by Crippen LogP contribution is -2.22. The lowest BCUT2D eigenvalue weighted by atomic mass is 10.3. The molecular weight excluding hydrogens is 355 g/mol. The van der Waals surface area contributed by atoms with Gasteiger partial charge in [-0.15, -0.1) is 0 Å². The molecule has 1 amide bonds. The first kappa shape index (κ1) is 15.4. The van der Waals surface area contributed by atoms with Gasteiger partial charge >= 0.3 is 0 Å². The maximum Gasteiger partial charge on any atom is 0.262 e. The molecule has 5 heterocycles. The van der Waals surface area contributed by atoms with Gasteiger partial charge in [-0.3, -0.25) is 9.69 Å². The van der Waals surface area contributed by atoms with Crippen LogP contribution in [0.2, 0.25) is 0 Å². The number of anilines is 2. The smallest absolute Gasteiger partial charge is 0.262 e. The molecule has 0 aliphatic carbocycles. The van der Waals surface area contributed by atoms with Crippen LogP contribution in [0, 0.1) is 0 Å². The Hall–Kier alpha value is -2.81. The fraction of sp³-hybridized carbons (Fsp3) is 0.294. The zero-order chi connectivity index (χ0) is 17.7. The van der Waals surface area contributed by atoms with Gasteiger partial charge in [0.1, 0.15) is 17.0 Å². The molecule has 7 nitrogen and oxygen atoms in total. The number of alkyl halides is 1. The fourth-order valence-electron chi connectivity index (χ4n) is 3.36. The van der Waals surface area contributed by atoms with Crippen LogP contribution in [0.15, 0.2) is 36.8 Å². The van der Waals surface area contributed by atoms with Gasteiger partial charge in [0.2, 0.25) is 0 Å². The molecule has 5 rings (SSSR count). The number of carbonyl (C=O) groups is 1. The quantitative estimate of drug-likeness (QED) is 0.708. The van der Waals surface area contributed by atoms with Crippen LogP contribution in [0.5, 0.6) is 0 Å². The number of aromatic nitrogens is 4. The number of pyridine rings is 1. The van der Waals surface area contributed by atoms with E-state index in [9.17, 15) is 9.18 Å². The van der Waals surface area contributed by atoms with Crippen molar-refractivity contribution in [1.82, 2.24) is 19.1 Å². The third-order valence-corrected chi connectivity index (χ3v) is 5.49. The zero-order valence-electron chi connectivity index (χ0n) is 13.7. The summed E-state index contributed by atoms with van der Waals surface area (Å²) in [6.45, 7) is 1.52. The van der Waals surface area contributed by atoms with Gasteiger partial charge in [-0.25, -0.2) is 14.1 Å². The molecule has 9 heteroatoms. The minimum atomic E-state index is -0.780. The van der Waals surface area contributed by atoms with E-state index >= 15 is 0 Å². The standard InChI is InChI=1S/C17H15FN6OS/c18-11-4-6-22(8-11)15-2-1-12(7-19-15)24-9-13-14(21-24)10-23(17(13)25)16-3-5-20-26-16/h1-3,5,7,9,11H,4,6,8,10H2/t11-/m0/s1. The Kier molecular flexibility index (Phi) is 3.49. The van der Waals surface area contributed by atoms with Crippen LogP contribution < -0.4 is 9.80 Å². The van der Waals surface area contributed by atoms with Crippen LogP contribution in [0.25, 0.3) is 5.69 Å². The van der Waals surface area contributed by atoms with Crippen molar-refractivity contribution in [2.45, 2.75) is 19.1 Å². The van der Waals surface area contributed by atoms with Gasteiger partial charge in [0.25, 0.3) is 5.91 Å². The first-order chi connectivity index (χ1) is 12.7. The van der Waals surface area contributed by atoms with Gasteiger partial charge in [-0.05, 0) is 36.2 Å². The van der Waals surface area contributed by atoms with Crippen molar-refractivity contribution < 1.29 is 9.18 Å². The van der Waals surface area contributed by atoms with Gasteiger partial charge in [0, 0.05) is 18.9 Å². The van der Waals surface area contributed by atoms with E-state index in [-0.39, 0.29) is 5.91 Å². The summed E-state index contributed by atoms with van der Waals surface area (Å²) < 4.78 is 19.1. The summed E-state index contributed by atoms with van der Waals surface area (Å²) in [6, 6.07) is 5.58. The number of carbonyl (C=O) groups excluding carboxylic acids is 1. The molecule has 132 valence electrons. The molecule has 0 bridgehead atoms. The summed E-state index contributed by atoms with van der Waals surface area (Å²) >= 11 is 1.29. The number of amides is 1. The molecule has 0 spiro atoms. The molecule has 2 aliphatic heterocycles. The molecule has 3 aromatic rings. The monoisotopic (exact) mass is 370 g/mol. The van der Waals surface area contributed by atoms with E-state index in [4.69, 9.17) is 0 Å². The lowest BCUT2D eigenvalue weighted by Gasteiger charge is -2.16. The minimum Gasteiger partial charge on any atom is -0.354 e. The van der Waals surface area contributed by atoms with Gasteiger partial charge in [-0.2, -0.15) is 9.47 Å². The summed E-state index contributed by atoms with van der Waals surface area (Å²) in [5.74, 6) is 0.701. The van der Waals surface area contributed by atoms with E-state index in [1.807, 2.05) is 23.1 Å². The third kappa shape index (κ3) is 2.47. The van der Waals surface area contributed by atoms with E-state index in [0.29, 0.717) is 31.6 Å². The minimum absolute atomic E-state index is 0.0638. The van der Waals surface area contributed by atoms with Crippen LogP contribution in [0.4, 0.5) is 15.2 Å². The number of rotatable bonds is 3. The summed E-state index contributed by atoms with van der Waals surface area (Å²) in [5.41, 5.74) is 2.12. The van der Waals surface area contributed by atoms with E-state index in [0.717, 1.165) is 22.2 Å². The van der Waals surface area contributed by atoms with Crippen molar-refractivity contribution in [2.75, 3.05) is 22.9 Å². The second-order valence-corrected chi connectivity index (χ2v) is 7.19. The predicted octanol–water partition coefficient (Wildman–Crippen LogP) is 2.43. The van der Waals surface area contributed by atoms with Crippen LogP contribution in [0.3, 0.4) is 0 Å². The second kappa shape index (κ2) is 5.87. The molecule has 0 aromatic carbocycles. The molecule has 1 fully saturated rings. The Morgan fingerprint density at radius 1 is 1.27 bits per heavy atom. The van der Waals surface area contributed by atoms with E-state index in [1.54, 1.807) is 28.2 Å². The van der Waals surface area contributed by atoms with E-state index in [2.05, 4.69) is 14.5 Å². The van der Waals surface area contributed by atoms with Crippen molar-refractivity contribution in [3.8, 4) is 5.69 Å². The Balaban J connectivity index is 1.37. The van der Waals surface area contributed by atoms with Gasteiger partial charge in [0.15, 0.2) is 0 Å². The molecular formula is C17H15FN6OS. The average Bonchev–Trinajstić information content (AvgIpc) is 3.41. The molecule has 1 atom stereocenters. The topological polar surface area (TPSA) is 67.2 Å². The molecule has 3 aromatic heterocycles. The number of hydrogen-bond donors (Lipinski definition) is 0. The Bertz CT molecular complexity index is 954. The number of hydrogen-bond acceptors (Lipinski definition) is 6. The van der Waals surface area contributed by atoms with Crippen LogP contribution >= 0.6 is 11.5 Å². The molecule has 0 N–H and O–H groups in total. The first-order valence-electron chi connectivity index (χ1n) is 8.35. The second-order valence-electron chi connectivity index (χ2n) is 6.38. The molecule has 1 saturated heterocycles. The van der Waals surface area contributed by atoms with Crippen molar-refractivity contribution in [1.29, 1.82) is 0 Å². The number of halogens is 1. The highest BCUT2D eigenvalue weighted by Gasteiger charge is 2.32. The van der Waals surface area contributed by atoms with E-state index in [1.165, 1.54) is 11.5 Å². The van der Waals surface area contributed by atoms with Crippen molar-refractivity contribution >= 4 is 28.3 Å². The fourth-order valence-corrected chi connectivity index (χ4v) is 3.95. The normalized spacial score (nSPS) is 19.4. The van der Waals surface area contributed by atoms with Crippen LogP contribution in [0.1, 0.15) is 22.5 Å². The van der Waals surface area contributed by atoms with Crippen LogP contribution in [-0.4, -0.2) is 44.3 Å². The van der Waals surface area contributed by atoms with Gasteiger partial charge < -0.3 is 4.90 Å². The molecule has 2 aliphatic rings. The summed E-state index contributed by atoms with van der Waals surface area (Å²) in [7, 11) is 0. The molecule has 26 heavy (non-hydrogen) atoms. The summed E-state index contributed by atoms with van der Waals surface area (Å²) in [4.78, 5) is 20.6. The van der Waals surface area contributed by atoms with Crippen LogP contribution in [-0.2, 0) is 6.54 Å². The van der Waals surface area contributed by atoms with E-state index < -0.39 is 6.17 Å². The highest BCUT2D eigenvalue weighted by atomic mass is 32.1. The maximum atomic E-state index is 13.3. The highest BCUT2D eigenvalue weighted by molar-refractivity contribution is 7.10. The molecule has 0 unspecified atom stereocenters. The highest BCUT2D eigenvalue weighted by Crippen LogP contribution is 2.30. The SMILES string of the molecule is O=C1c2cn(-c3ccc(N4CC[C@H](F)C4)nc3)nc2CN1c1ccns1. The third-order valence-electron chi connectivity index (χ3n) is 4.72. The summed E-state index contributed by atoms with van der Waals surface area (Å²) in [6.07, 6.45) is 4.89. The number of nitrogens with zero attached hydrogens (tertiary/aromatic N) is 6. The van der Waals surface area contributed by atoms with Gasteiger partial charge in [-0.1, -0.05) is 0 Å². The molecule has 0 saturated carbocycles. The van der Waals surface area contributed by atoms with Crippen molar-refractivity contribution in [3.63, 3.8) is 0 Å². The Morgan fingerprint density at radius 2 is 2.19 bits per heavy atom. The number of fused-ring (bicyclic) bond motifs is 1. The van der Waals surface area contributed by atoms with Crippen molar-refractivity contribution in [2.24, 2.45) is 0 Å². The first-order valence-corrected chi connectivity index (χ1v) is 9.13. The summed E-state index contributed by atoms with van der Waals surface area (Å²) in [5, 5.41) is 5.36. The zero-order valence-corrected chi connectivity index (χ0v) is 14.6. The Morgan fingerprint density at radius 3 is 2.85 bits per heavy atom. The van der Waals surface area contributed by atoms with Crippen molar-refractivity contribution in [3.05, 3.63) is 48.0 Å². The maximum absolute atomic E-state index is 13.3. The Labute approximate surface area is 152 Å². The molecule has 0 radical (unpaired) electrons. The largest absolute Gasteiger partial charge is 0.354 e. The predicted molar refractivity (Wildman–Crippen MR) is 95.7 cm³/mol. The average molecular weight is 370 g/mol. The van der Waals surface area contributed by atoms with Gasteiger partial charge in [0.05, 0.1) is 36.2 Å². The lowest BCUT2D eigenvalue weighted by molar-refractivity contribution is 0.0997.